The summed E-state index contributed by atoms with van der Waals surface area (Å²) < 4.78 is 0. The molecule has 0 atom stereocenters. The van der Waals surface area contributed by atoms with Crippen LogP contribution in [0.1, 0.15) is 49.1 Å². The van der Waals surface area contributed by atoms with Gasteiger partial charge in [0, 0.05) is 42.5 Å². The number of anilines is 4. The molecule has 6 rings (SSSR count). The number of urea groups is 1. The Balaban J connectivity index is 1.38. The number of imidazole rings is 1. The van der Waals surface area contributed by atoms with Crippen molar-refractivity contribution in [3.8, 4) is 0 Å². The van der Waals surface area contributed by atoms with E-state index in [4.69, 9.17) is 5.10 Å². The third-order valence-corrected chi connectivity index (χ3v) is 7.61. The standard InChI is InChI=1S/C32H34N6O/c1-23-12-17-28-29(22-23)37(26-15-13-25(14-16-26)33-19-18-30-34-20-21-35-30)32(39)38(27-10-6-3-7-11-27)36-31(28)24-8-4-2-5-9-24/h3,6-7,10-17,20-22,24,33H,2,4-5,8-9,18-19H2,1H3,(H,34,35). The van der Waals surface area contributed by atoms with Crippen LogP contribution in [-0.4, -0.2) is 28.3 Å². The summed E-state index contributed by atoms with van der Waals surface area (Å²) in [5.41, 5.74) is 6.63. The molecule has 1 saturated carbocycles. The van der Waals surface area contributed by atoms with Gasteiger partial charge in [0.05, 0.1) is 22.8 Å². The second kappa shape index (κ2) is 11.2. The highest BCUT2D eigenvalue weighted by Gasteiger charge is 2.34. The third-order valence-electron chi connectivity index (χ3n) is 7.61. The number of H-pyrrole nitrogens is 1. The van der Waals surface area contributed by atoms with Gasteiger partial charge in [-0.05, 0) is 67.8 Å². The fraction of sp³-hybridized carbons (Fsp3) is 0.281. The molecule has 1 aromatic heterocycles. The molecular formula is C32H34N6O. The number of benzene rings is 3. The van der Waals surface area contributed by atoms with Crippen molar-refractivity contribution in [2.75, 3.05) is 21.8 Å². The van der Waals surface area contributed by atoms with E-state index in [0.29, 0.717) is 5.92 Å². The van der Waals surface area contributed by atoms with E-state index in [2.05, 4.69) is 40.4 Å². The van der Waals surface area contributed by atoms with Crippen LogP contribution >= 0.6 is 0 Å². The number of nitrogens with zero attached hydrogens (tertiary/aromatic N) is 4. The molecule has 1 aliphatic heterocycles. The van der Waals surface area contributed by atoms with Crippen LogP contribution in [-0.2, 0) is 6.42 Å². The number of rotatable bonds is 7. The van der Waals surface area contributed by atoms with E-state index in [1.165, 1.54) is 19.3 Å². The van der Waals surface area contributed by atoms with E-state index in [0.717, 1.165) is 71.2 Å². The molecule has 0 unspecified atom stereocenters. The Morgan fingerprint density at radius 2 is 1.74 bits per heavy atom. The first kappa shape index (κ1) is 24.9. The van der Waals surface area contributed by atoms with Crippen LogP contribution in [0.3, 0.4) is 0 Å². The van der Waals surface area contributed by atoms with Crippen molar-refractivity contribution < 1.29 is 4.79 Å². The molecule has 39 heavy (non-hydrogen) atoms. The van der Waals surface area contributed by atoms with Crippen molar-refractivity contribution in [2.45, 2.75) is 45.4 Å². The van der Waals surface area contributed by atoms with Gasteiger partial charge in [0.1, 0.15) is 5.82 Å². The summed E-state index contributed by atoms with van der Waals surface area (Å²) in [5.74, 6) is 1.29. The highest BCUT2D eigenvalue weighted by molar-refractivity contribution is 6.18. The van der Waals surface area contributed by atoms with Crippen LogP contribution in [0, 0.1) is 12.8 Å². The number of aryl methyl sites for hydroxylation is 1. The van der Waals surface area contributed by atoms with E-state index >= 15 is 0 Å². The predicted octanol–water partition coefficient (Wildman–Crippen LogP) is 7.44. The smallest absolute Gasteiger partial charge is 0.354 e. The first-order valence-electron chi connectivity index (χ1n) is 13.9. The van der Waals surface area contributed by atoms with Gasteiger partial charge < -0.3 is 10.3 Å². The van der Waals surface area contributed by atoms with Crippen molar-refractivity contribution in [3.05, 3.63) is 102 Å². The Morgan fingerprint density at radius 1 is 0.949 bits per heavy atom. The van der Waals surface area contributed by atoms with Gasteiger partial charge in [-0.15, -0.1) is 0 Å². The average Bonchev–Trinajstić information content (AvgIpc) is 3.46. The lowest BCUT2D eigenvalue weighted by Crippen LogP contribution is -2.37. The summed E-state index contributed by atoms with van der Waals surface area (Å²) in [7, 11) is 0. The zero-order valence-electron chi connectivity index (χ0n) is 22.3. The Bertz CT molecular complexity index is 1440. The zero-order chi connectivity index (χ0) is 26.6. The Morgan fingerprint density at radius 3 is 2.49 bits per heavy atom. The molecule has 7 nitrogen and oxygen atoms in total. The minimum atomic E-state index is -0.183. The molecule has 1 aliphatic carbocycles. The van der Waals surface area contributed by atoms with Gasteiger partial charge in [0.15, 0.2) is 0 Å². The van der Waals surface area contributed by atoms with Crippen LogP contribution in [0.15, 0.2) is 90.3 Å². The second-order valence-corrected chi connectivity index (χ2v) is 10.4. The molecule has 0 bridgehead atoms. The van der Waals surface area contributed by atoms with Crippen LogP contribution < -0.4 is 15.2 Å². The number of aromatic nitrogens is 2. The topological polar surface area (TPSA) is 76.6 Å². The number of hydrogen-bond acceptors (Lipinski definition) is 4. The first-order valence-corrected chi connectivity index (χ1v) is 13.9. The number of carbonyl (C=O) groups excluding carboxylic acids is 1. The maximum Gasteiger partial charge on any atom is 0.354 e. The molecule has 7 heteroatoms. The van der Waals surface area contributed by atoms with Gasteiger partial charge in [-0.25, -0.2) is 9.78 Å². The molecule has 0 radical (unpaired) electrons. The summed E-state index contributed by atoms with van der Waals surface area (Å²) in [5, 5.41) is 10.2. The number of carbonyl (C=O) groups is 1. The highest BCUT2D eigenvalue weighted by Crippen LogP contribution is 2.39. The van der Waals surface area contributed by atoms with Crippen molar-refractivity contribution >= 4 is 34.5 Å². The number of aromatic amines is 1. The van der Waals surface area contributed by atoms with Crippen LogP contribution in [0.5, 0.6) is 0 Å². The average molecular weight is 519 g/mol. The van der Waals surface area contributed by atoms with E-state index in [-0.39, 0.29) is 6.03 Å². The first-order chi connectivity index (χ1) is 19.2. The number of hydrazone groups is 1. The minimum Gasteiger partial charge on any atom is -0.385 e. The predicted molar refractivity (Wildman–Crippen MR) is 158 cm³/mol. The van der Waals surface area contributed by atoms with Gasteiger partial charge in [-0.2, -0.15) is 10.1 Å². The quantitative estimate of drug-likeness (QED) is 0.267. The molecular weight excluding hydrogens is 484 g/mol. The molecule has 2 N–H and O–H groups in total. The molecule has 2 heterocycles. The van der Waals surface area contributed by atoms with Crippen LogP contribution in [0.4, 0.5) is 27.5 Å². The van der Waals surface area contributed by atoms with E-state index < -0.39 is 0 Å². The normalized spacial score (nSPS) is 16.0. The monoisotopic (exact) mass is 518 g/mol. The van der Waals surface area contributed by atoms with E-state index in [1.807, 2.05) is 65.7 Å². The third kappa shape index (κ3) is 5.30. The number of para-hydroxylation sites is 1. The van der Waals surface area contributed by atoms with Gasteiger partial charge in [-0.3, -0.25) is 4.90 Å². The lowest BCUT2D eigenvalue weighted by atomic mass is 9.82. The van der Waals surface area contributed by atoms with Crippen molar-refractivity contribution in [1.29, 1.82) is 0 Å². The Labute approximate surface area is 229 Å². The minimum absolute atomic E-state index is 0.183. The second-order valence-electron chi connectivity index (χ2n) is 10.4. The van der Waals surface area contributed by atoms with Gasteiger partial charge in [-0.1, -0.05) is 49.6 Å². The maximum absolute atomic E-state index is 14.4. The summed E-state index contributed by atoms with van der Waals surface area (Å²) in [6.45, 7) is 2.84. The van der Waals surface area contributed by atoms with Gasteiger partial charge in [0.2, 0.25) is 0 Å². The van der Waals surface area contributed by atoms with Crippen molar-refractivity contribution in [3.63, 3.8) is 0 Å². The Kier molecular flexibility index (Phi) is 7.13. The lowest BCUT2D eigenvalue weighted by Gasteiger charge is -2.27. The van der Waals surface area contributed by atoms with E-state index in [1.54, 1.807) is 11.2 Å². The van der Waals surface area contributed by atoms with Crippen molar-refractivity contribution in [1.82, 2.24) is 9.97 Å². The van der Waals surface area contributed by atoms with Gasteiger partial charge >= 0.3 is 6.03 Å². The van der Waals surface area contributed by atoms with Crippen molar-refractivity contribution in [2.24, 2.45) is 11.0 Å². The molecule has 2 aliphatic rings. The Hall–Kier alpha value is -4.39. The summed E-state index contributed by atoms with van der Waals surface area (Å²) in [6, 6.07) is 24.1. The number of fused-ring (bicyclic) bond motifs is 1. The summed E-state index contributed by atoms with van der Waals surface area (Å²) in [6.07, 6.45) is 10.3. The van der Waals surface area contributed by atoms with Crippen LogP contribution in [0.25, 0.3) is 0 Å². The maximum atomic E-state index is 14.4. The number of nitrogens with one attached hydrogen (secondary N) is 2. The number of amides is 2. The molecule has 198 valence electrons. The summed E-state index contributed by atoms with van der Waals surface area (Å²) >= 11 is 0. The lowest BCUT2D eigenvalue weighted by molar-refractivity contribution is 0.254. The molecule has 3 aromatic carbocycles. The molecule has 0 spiro atoms. The molecule has 0 saturated heterocycles. The highest BCUT2D eigenvalue weighted by atomic mass is 16.2. The molecule has 4 aromatic rings. The van der Waals surface area contributed by atoms with Crippen LogP contribution in [0.2, 0.25) is 0 Å². The SMILES string of the molecule is Cc1ccc2c(c1)N(c1ccc(NCCc3ncc[nH]3)cc1)C(=O)N(c1ccccc1)N=C2C1CCCCC1. The number of hydrogen-bond donors (Lipinski definition) is 2. The zero-order valence-corrected chi connectivity index (χ0v) is 22.3. The molecule has 2 amide bonds. The summed E-state index contributed by atoms with van der Waals surface area (Å²) in [4.78, 5) is 23.6. The fourth-order valence-corrected chi connectivity index (χ4v) is 5.60. The fourth-order valence-electron chi connectivity index (χ4n) is 5.60. The van der Waals surface area contributed by atoms with E-state index in [9.17, 15) is 4.79 Å². The molecule has 1 fully saturated rings. The van der Waals surface area contributed by atoms with Gasteiger partial charge in [0.25, 0.3) is 0 Å². The largest absolute Gasteiger partial charge is 0.385 e.